The van der Waals surface area contributed by atoms with Crippen molar-refractivity contribution in [1.82, 2.24) is 0 Å². The van der Waals surface area contributed by atoms with Crippen LogP contribution in [0.2, 0.25) is 0 Å². The lowest BCUT2D eigenvalue weighted by Gasteiger charge is -2.28. The lowest BCUT2D eigenvalue weighted by atomic mass is 9.81. The Labute approximate surface area is 129 Å². The Balaban J connectivity index is 2.64. The first-order valence-corrected chi connectivity index (χ1v) is 9.89. The topological polar surface area (TPSA) is 125 Å². The summed E-state index contributed by atoms with van der Waals surface area (Å²) in [7, 11) is -7.41. The van der Waals surface area contributed by atoms with E-state index in [1.54, 1.807) is 0 Å². The van der Waals surface area contributed by atoms with Gasteiger partial charge in [-0.3, -0.25) is 0 Å². The Bertz CT molecular complexity index is 647. The molecule has 3 atom stereocenters. The molecule has 21 heavy (non-hydrogen) atoms. The summed E-state index contributed by atoms with van der Waals surface area (Å²) in [5.74, 6) is -1.83. The second kappa shape index (κ2) is 7.41. The fourth-order valence-electron chi connectivity index (χ4n) is 2.39. The Morgan fingerprint density at radius 1 is 1.05 bits per heavy atom. The molecule has 10 heteroatoms. The van der Waals surface area contributed by atoms with E-state index in [1.165, 1.54) is 0 Å². The molecule has 0 aliphatic heterocycles. The third-order valence-corrected chi connectivity index (χ3v) is 7.42. The van der Waals surface area contributed by atoms with Crippen LogP contribution in [0.4, 0.5) is 0 Å². The molecule has 1 rings (SSSR count). The maximum absolute atomic E-state index is 12.2. The average molecular weight is 355 g/mol. The number of nitriles is 2. The third-order valence-electron chi connectivity index (χ3n) is 3.56. The standard InChI is InChI=1S/C11H15ClN2O5S2/c12-19-21(17,18)5-1-4-20(15,16)11-3-2-9(7-13)10(6-11)8-14/h9-11H,1-6H2. The van der Waals surface area contributed by atoms with Gasteiger partial charge in [-0.15, -0.1) is 0 Å². The van der Waals surface area contributed by atoms with E-state index < -0.39 is 42.8 Å². The van der Waals surface area contributed by atoms with Crippen LogP contribution in [0, 0.1) is 34.5 Å². The molecule has 1 fully saturated rings. The molecule has 1 aliphatic carbocycles. The quantitative estimate of drug-likeness (QED) is 0.699. The van der Waals surface area contributed by atoms with E-state index >= 15 is 0 Å². The van der Waals surface area contributed by atoms with Crippen molar-refractivity contribution in [2.24, 2.45) is 11.8 Å². The van der Waals surface area contributed by atoms with Crippen LogP contribution in [0.1, 0.15) is 25.7 Å². The number of halogens is 1. The predicted molar refractivity (Wildman–Crippen MR) is 75.0 cm³/mol. The minimum absolute atomic E-state index is 0.118. The van der Waals surface area contributed by atoms with Crippen molar-refractivity contribution in [1.29, 1.82) is 10.5 Å². The van der Waals surface area contributed by atoms with Crippen LogP contribution in [0.25, 0.3) is 0 Å². The van der Waals surface area contributed by atoms with Gasteiger partial charge in [-0.1, -0.05) is 0 Å². The first-order chi connectivity index (χ1) is 9.75. The lowest BCUT2D eigenvalue weighted by molar-refractivity contribution is 0.351. The van der Waals surface area contributed by atoms with Crippen LogP contribution in [0.3, 0.4) is 0 Å². The maximum atomic E-state index is 12.2. The van der Waals surface area contributed by atoms with Crippen LogP contribution >= 0.6 is 11.9 Å². The molecule has 3 unspecified atom stereocenters. The van der Waals surface area contributed by atoms with Crippen molar-refractivity contribution in [3.05, 3.63) is 0 Å². The molecule has 0 aromatic heterocycles. The van der Waals surface area contributed by atoms with Crippen LogP contribution in [0.5, 0.6) is 0 Å². The summed E-state index contributed by atoms with van der Waals surface area (Å²) in [5, 5.41) is 17.2. The highest BCUT2D eigenvalue weighted by Crippen LogP contribution is 2.33. The molecule has 0 bridgehead atoms. The molecule has 0 amide bonds. The fourth-order valence-corrected chi connectivity index (χ4v) is 5.20. The van der Waals surface area contributed by atoms with E-state index in [-0.39, 0.29) is 18.6 Å². The summed E-state index contributed by atoms with van der Waals surface area (Å²) >= 11 is 4.76. The number of sulfone groups is 1. The zero-order chi connectivity index (χ0) is 16.1. The molecule has 0 saturated heterocycles. The first kappa shape index (κ1) is 18.2. The lowest BCUT2D eigenvalue weighted by Crippen LogP contribution is -2.34. The second-order valence-corrected chi connectivity index (χ2v) is 9.38. The SMILES string of the molecule is N#CC1CCC(S(=O)(=O)CCCS(=O)(=O)OCl)CC1C#N. The molecule has 0 N–H and O–H groups in total. The number of hydrogen-bond donors (Lipinski definition) is 0. The van der Waals surface area contributed by atoms with Crippen molar-refractivity contribution in [3.63, 3.8) is 0 Å². The van der Waals surface area contributed by atoms with E-state index in [4.69, 9.17) is 22.4 Å². The van der Waals surface area contributed by atoms with Gasteiger partial charge in [0.1, 0.15) is 0 Å². The molecule has 118 valence electrons. The molecule has 1 saturated carbocycles. The number of hydrogen-bond acceptors (Lipinski definition) is 7. The molecular formula is C11H15ClN2O5S2. The van der Waals surface area contributed by atoms with E-state index in [0.717, 1.165) is 0 Å². The highest BCUT2D eigenvalue weighted by Gasteiger charge is 2.37. The van der Waals surface area contributed by atoms with Gasteiger partial charge in [0.05, 0.1) is 52.6 Å². The molecule has 0 aromatic carbocycles. The average Bonchev–Trinajstić information content (AvgIpc) is 2.46. The molecular weight excluding hydrogens is 340 g/mol. The van der Waals surface area contributed by atoms with Gasteiger partial charge in [0.15, 0.2) is 9.84 Å². The van der Waals surface area contributed by atoms with Crippen LogP contribution in [0.15, 0.2) is 0 Å². The van der Waals surface area contributed by atoms with Crippen molar-refractivity contribution in [2.75, 3.05) is 11.5 Å². The second-order valence-electron chi connectivity index (χ2n) is 4.95. The van der Waals surface area contributed by atoms with Crippen molar-refractivity contribution in [3.8, 4) is 12.1 Å². The summed E-state index contributed by atoms with van der Waals surface area (Å²) in [6, 6.07) is 4.00. The van der Waals surface area contributed by atoms with Gasteiger partial charge in [-0.05, 0) is 25.7 Å². The Morgan fingerprint density at radius 3 is 2.19 bits per heavy atom. The van der Waals surface area contributed by atoms with E-state index in [1.807, 2.05) is 12.1 Å². The molecule has 0 radical (unpaired) electrons. The van der Waals surface area contributed by atoms with E-state index in [9.17, 15) is 16.8 Å². The Morgan fingerprint density at radius 2 is 1.67 bits per heavy atom. The van der Waals surface area contributed by atoms with Crippen LogP contribution in [-0.4, -0.2) is 33.6 Å². The van der Waals surface area contributed by atoms with Crippen LogP contribution < -0.4 is 0 Å². The minimum Gasteiger partial charge on any atom is -0.229 e. The van der Waals surface area contributed by atoms with E-state index in [2.05, 4.69) is 3.74 Å². The summed E-state index contributed by atoms with van der Waals surface area (Å²) < 4.78 is 50.1. The van der Waals surface area contributed by atoms with Crippen molar-refractivity contribution < 1.29 is 20.6 Å². The number of nitrogens with zero attached hydrogens (tertiary/aromatic N) is 2. The van der Waals surface area contributed by atoms with Gasteiger partial charge >= 0.3 is 0 Å². The Hall–Kier alpha value is -0.870. The van der Waals surface area contributed by atoms with Crippen LogP contribution in [-0.2, 0) is 23.7 Å². The highest BCUT2D eigenvalue weighted by atomic mass is 35.5. The van der Waals surface area contributed by atoms with E-state index in [0.29, 0.717) is 12.8 Å². The number of rotatable bonds is 6. The summed E-state index contributed by atoms with van der Waals surface area (Å²) in [6.45, 7) is 0. The normalized spacial score (nSPS) is 26.7. The largest absolute Gasteiger partial charge is 0.283 e. The zero-order valence-electron chi connectivity index (χ0n) is 11.1. The molecule has 0 aromatic rings. The molecule has 0 spiro atoms. The van der Waals surface area contributed by atoms with Crippen molar-refractivity contribution in [2.45, 2.75) is 30.9 Å². The zero-order valence-corrected chi connectivity index (χ0v) is 13.5. The monoisotopic (exact) mass is 354 g/mol. The van der Waals surface area contributed by atoms with Gasteiger partial charge in [0, 0.05) is 0 Å². The Kier molecular flexibility index (Phi) is 6.41. The smallest absolute Gasteiger partial charge is 0.229 e. The van der Waals surface area contributed by atoms with Gasteiger partial charge in [-0.2, -0.15) is 22.7 Å². The predicted octanol–water partition coefficient (Wildman–Crippen LogP) is 1.12. The summed E-state index contributed by atoms with van der Waals surface area (Å²) in [4.78, 5) is 0. The maximum Gasteiger partial charge on any atom is 0.283 e. The van der Waals surface area contributed by atoms with Crippen molar-refractivity contribution >= 4 is 31.8 Å². The van der Waals surface area contributed by atoms with Gasteiger partial charge in [-0.25, -0.2) is 8.42 Å². The summed E-state index contributed by atoms with van der Waals surface area (Å²) in [5.41, 5.74) is 0. The third kappa shape index (κ3) is 5.11. The molecule has 7 nitrogen and oxygen atoms in total. The summed E-state index contributed by atoms with van der Waals surface area (Å²) in [6.07, 6.45) is 0.682. The van der Waals surface area contributed by atoms with Gasteiger partial charge in [0.2, 0.25) is 0 Å². The highest BCUT2D eigenvalue weighted by molar-refractivity contribution is 7.92. The molecule has 1 aliphatic rings. The molecule has 0 heterocycles. The first-order valence-electron chi connectivity index (χ1n) is 6.29. The van der Waals surface area contributed by atoms with Gasteiger partial charge in [0.25, 0.3) is 10.1 Å². The fraction of sp³-hybridized carbons (Fsp3) is 0.818. The minimum atomic E-state index is -3.90. The van der Waals surface area contributed by atoms with Gasteiger partial charge < -0.3 is 0 Å².